The van der Waals surface area contributed by atoms with Gasteiger partial charge in [0, 0.05) is 33.6 Å². The lowest BCUT2D eigenvalue weighted by molar-refractivity contribution is 0.0967. The summed E-state index contributed by atoms with van der Waals surface area (Å²) in [5, 5.41) is 20.9. The zero-order valence-electron chi connectivity index (χ0n) is 22.0. The molecule has 0 aromatic heterocycles. The van der Waals surface area contributed by atoms with Crippen LogP contribution in [-0.4, -0.2) is 35.2 Å². The maximum absolute atomic E-state index is 13.2. The fourth-order valence-electron chi connectivity index (χ4n) is 3.07. The highest BCUT2D eigenvalue weighted by Gasteiger charge is 2.13. The Labute approximate surface area is 226 Å². The molecule has 2 aromatic carbocycles. The van der Waals surface area contributed by atoms with Crippen LogP contribution in [0.4, 0.5) is 5.69 Å². The van der Waals surface area contributed by atoms with Crippen molar-refractivity contribution in [2.75, 3.05) is 5.32 Å². The second-order valence-electron chi connectivity index (χ2n) is 8.06. The number of benzene rings is 2. The minimum absolute atomic E-state index is 0.203. The van der Waals surface area contributed by atoms with Crippen molar-refractivity contribution in [2.45, 2.75) is 20.8 Å². The van der Waals surface area contributed by atoms with Gasteiger partial charge in [0.2, 0.25) is 11.9 Å². The summed E-state index contributed by atoms with van der Waals surface area (Å²) in [5.74, 6) is -1.24. The number of hydrogen-bond donors (Lipinski definition) is 6. The molecule has 0 bridgehead atoms. The van der Waals surface area contributed by atoms with Crippen molar-refractivity contribution in [1.82, 2.24) is 5.32 Å². The van der Waals surface area contributed by atoms with E-state index >= 15 is 0 Å². The highest BCUT2D eigenvalue weighted by molar-refractivity contribution is 6.09. The predicted octanol–water partition coefficient (Wildman–Crippen LogP) is 2.31. The molecule has 2 amide bonds. The average Bonchev–Trinajstić information content (AvgIpc) is 2.92. The zero-order valence-corrected chi connectivity index (χ0v) is 22.0. The molecule has 39 heavy (non-hydrogen) atoms. The molecule has 0 aliphatic heterocycles. The molecule has 0 radical (unpaired) electrons. The minimum Gasteiger partial charge on any atom is -0.369 e. The van der Waals surface area contributed by atoms with Gasteiger partial charge in [0.1, 0.15) is 0 Å². The van der Waals surface area contributed by atoms with Crippen LogP contribution in [0.1, 0.15) is 52.6 Å². The van der Waals surface area contributed by atoms with Crippen molar-refractivity contribution in [1.29, 1.82) is 0 Å². The van der Waals surface area contributed by atoms with Crippen LogP contribution in [0, 0.1) is 0 Å². The number of allylic oxidation sites excluding steroid dienone is 4. The number of anilines is 1. The van der Waals surface area contributed by atoms with Crippen LogP contribution in [0.25, 0.3) is 0 Å². The Morgan fingerprint density at radius 2 is 1.31 bits per heavy atom. The average molecular weight is 529 g/mol. The number of carbonyl (C=O) groups is 2. The first kappa shape index (κ1) is 29.7. The highest BCUT2D eigenvalue weighted by atomic mass is 16.2. The Morgan fingerprint density at radius 3 is 1.79 bits per heavy atom. The number of amides is 2. The van der Waals surface area contributed by atoms with Gasteiger partial charge >= 0.3 is 0 Å². The standard InChI is InChI=1S/C27H32N10O2/c1-5-7-11-22(6-2)32-24(38)18-9-8-10-19(12-18)25(39)33-23-14-20(16(3)34-36-26(28)29)13-21(15-23)17(4)35-37-27(30)31/h5-15H,2H2,1,3-4H3,(H,32,38)(H,33,39)(H4,28,29,36)(H4,30,31,37)/b7-5-,22-11+,34-16-,35-17-. The fourth-order valence-corrected chi connectivity index (χ4v) is 3.07. The van der Waals surface area contributed by atoms with Gasteiger partial charge in [-0.05, 0) is 69.3 Å². The van der Waals surface area contributed by atoms with Gasteiger partial charge in [-0.2, -0.15) is 10.2 Å². The lowest BCUT2D eigenvalue weighted by Gasteiger charge is -2.12. The molecule has 0 aliphatic rings. The van der Waals surface area contributed by atoms with E-state index in [1.165, 1.54) is 12.1 Å². The lowest BCUT2D eigenvalue weighted by Crippen LogP contribution is -2.22. The third-order valence-corrected chi connectivity index (χ3v) is 4.99. The monoisotopic (exact) mass is 528 g/mol. The van der Waals surface area contributed by atoms with E-state index in [9.17, 15) is 9.59 Å². The molecule has 0 heterocycles. The molecular formula is C27H32N10O2. The molecular weight excluding hydrogens is 496 g/mol. The quantitative estimate of drug-likeness (QED) is 0.118. The maximum atomic E-state index is 13.2. The Balaban J connectivity index is 2.42. The van der Waals surface area contributed by atoms with Crippen LogP contribution in [0.5, 0.6) is 0 Å². The smallest absolute Gasteiger partial charge is 0.255 e. The molecule has 2 aromatic rings. The molecule has 0 saturated carbocycles. The van der Waals surface area contributed by atoms with E-state index < -0.39 is 5.91 Å². The van der Waals surface area contributed by atoms with Gasteiger partial charge in [0.25, 0.3) is 11.8 Å². The van der Waals surface area contributed by atoms with Crippen LogP contribution in [0.15, 0.2) is 99.5 Å². The van der Waals surface area contributed by atoms with E-state index in [0.29, 0.717) is 39.5 Å². The summed E-state index contributed by atoms with van der Waals surface area (Å²) in [6, 6.07) is 11.5. The number of guanidine groups is 2. The maximum Gasteiger partial charge on any atom is 0.255 e. The van der Waals surface area contributed by atoms with Crippen LogP contribution >= 0.6 is 0 Å². The summed E-state index contributed by atoms with van der Waals surface area (Å²) >= 11 is 0. The topological polar surface area (TPSA) is 212 Å². The van der Waals surface area contributed by atoms with E-state index in [4.69, 9.17) is 22.9 Å². The summed E-state index contributed by atoms with van der Waals surface area (Å²) in [7, 11) is 0. The summed E-state index contributed by atoms with van der Waals surface area (Å²) in [5.41, 5.74) is 25.2. The summed E-state index contributed by atoms with van der Waals surface area (Å²) in [6.45, 7) is 8.95. The second kappa shape index (κ2) is 14.3. The van der Waals surface area contributed by atoms with Crippen molar-refractivity contribution in [3.05, 3.63) is 101 Å². The van der Waals surface area contributed by atoms with E-state index in [1.807, 2.05) is 13.0 Å². The second-order valence-corrected chi connectivity index (χ2v) is 8.06. The van der Waals surface area contributed by atoms with Crippen molar-refractivity contribution in [2.24, 2.45) is 43.3 Å². The van der Waals surface area contributed by atoms with Gasteiger partial charge in [-0.1, -0.05) is 24.8 Å². The van der Waals surface area contributed by atoms with E-state index in [1.54, 1.807) is 62.4 Å². The molecule has 12 nitrogen and oxygen atoms in total. The fraction of sp³-hybridized carbons (Fsp3) is 0.111. The number of nitrogens with zero attached hydrogens (tertiary/aromatic N) is 4. The van der Waals surface area contributed by atoms with Crippen molar-refractivity contribution in [3.63, 3.8) is 0 Å². The number of nitrogens with two attached hydrogens (primary N) is 4. The van der Waals surface area contributed by atoms with Gasteiger partial charge in [0.15, 0.2) is 0 Å². The van der Waals surface area contributed by atoms with E-state index in [2.05, 4.69) is 37.6 Å². The highest BCUT2D eigenvalue weighted by Crippen LogP contribution is 2.19. The number of carbonyl (C=O) groups excluding carboxylic acids is 2. The molecule has 202 valence electrons. The SMILES string of the molecule is C=C/C(=C\C=C/C)NC(=O)c1cccc(C(=O)Nc2cc(/C(C)=N\N=C(N)N)cc(/C(C)=N\N=C(N)N)c2)c1. The van der Waals surface area contributed by atoms with Crippen LogP contribution < -0.4 is 33.6 Å². The number of nitrogens with one attached hydrogen (secondary N) is 2. The van der Waals surface area contributed by atoms with Gasteiger partial charge < -0.3 is 33.6 Å². The van der Waals surface area contributed by atoms with Crippen LogP contribution in [-0.2, 0) is 0 Å². The van der Waals surface area contributed by atoms with Crippen LogP contribution in [0.2, 0.25) is 0 Å². The molecule has 10 N–H and O–H groups in total. The van der Waals surface area contributed by atoms with E-state index in [0.717, 1.165) is 0 Å². The van der Waals surface area contributed by atoms with Gasteiger partial charge in [0.05, 0.1) is 11.4 Å². The first-order valence-electron chi connectivity index (χ1n) is 11.6. The summed E-state index contributed by atoms with van der Waals surface area (Å²) in [4.78, 5) is 25.9. The normalized spacial score (nSPS) is 12.0. The van der Waals surface area contributed by atoms with Gasteiger partial charge in [-0.15, -0.1) is 10.2 Å². The molecule has 0 spiro atoms. The third-order valence-electron chi connectivity index (χ3n) is 4.99. The Morgan fingerprint density at radius 1 is 0.795 bits per heavy atom. The van der Waals surface area contributed by atoms with E-state index in [-0.39, 0.29) is 23.4 Å². The molecule has 2 rings (SSSR count). The summed E-state index contributed by atoms with van der Waals surface area (Å²) in [6.07, 6.45) is 6.83. The largest absolute Gasteiger partial charge is 0.369 e. The van der Waals surface area contributed by atoms with Crippen molar-refractivity contribution in [3.8, 4) is 0 Å². The van der Waals surface area contributed by atoms with Crippen molar-refractivity contribution < 1.29 is 9.59 Å². The number of hydrogen-bond acceptors (Lipinski definition) is 6. The molecule has 0 aliphatic carbocycles. The first-order chi connectivity index (χ1) is 18.5. The molecule has 0 fully saturated rings. The van der Waals surface area contributed by atoms with Gasteiger partial charge in [-0.3, -0.25) is 9.59 Å². The Kier molecular flexibility index (Phi) is 10.9. The molecule has 0 atom stereocenters. The first-order valence-corrected chi connectivity index (χ1v) is 11.6. The molecule has 0 saturated heterocycles. The van der Waals surface area contributed by atoms with Gasteiger partial charge in [-0.25, -0.2) is 0 Å². The summed E-state index contributed by atoms with van der Waals surface area (Å²) < 4.78 is 0. The van der Waals surface area contributed by atoms with Crippen LogP contribution in [0.3, 0.4) is 0 Å². The number of rotatable bonds is 10. The molecule has 12 heteroatoms. The Hall–Kier alpha value is -5.52. The lowest BCUT2D eigenvalue weighted by atomic mass is 10.0. The third kappa shape index (κ3) is 9.46. The zero-order chi connectivity index (χ0) is 28.9. The molecule has 0 unspecified atom stereocenters. The Bertz CT molecular complexity index is 1370. The predicted molar refractivity (Wildman–Crippen MR) is 157 cm³/mol. The minimum atomic E-state index is -0.446. The van der Waals surface area contributed by atoms with Crippen molar-refractivity contribution >= 4 is 40.8 Å².